The molecule has 2 nitrogen and oxygen atoms in total. The lowest BCUT2D eigenvalue weighted by atomic mass is 10.1. The summed E-state index contributed by atoms with van der Waals surface area (Å²) < 4.78 is 0. The number of carbonyl (C=O) groups is 1. The number of amides is 1. The lowest BCUT2D eigenvalue weighted by Gasteiger charge is -2.12. The van der Waals surface area contributed by atoms with Crippen LogP contribution < -0.4 is 5.32 Å². The molecule has 1 aliphatic carbocycles. The van der Waals surface area contributed by atoms with Crippen LogP contribution in [0, 0.1) is 5.92 Å². The molecule has 1 amide bonds. The van der Waals surface area contributed by atoms with Crippen LogP contribution in [0.5, 0.6) is 0 Å². The molecule has 0 aromatic heterocycles. The molecule has 1 aliphatic rings. The zero-order valence-corrected chi connectivity index (χ0v) is 10.1. The number of alkyl halides is 1. The van der Waals surface area contributed by atoms with Crippen molar-refractivity contribution in [2.75, 3.05) is 5.32 Å². The Morgan fingerprint density at radius 3 is 2.81 bits per heavy atom. The van der Waals surface area contributed by atoms with Crippen molar-refractivity contribution < 1.29 is 4.79 Å². The highest BCUT2D eigenvalue weighted by Gasteiger charge is 2.24. The fourth-order valence-electron chi connectivity index (χ4n) is 1.74. The summed E-state index contributed by atoms with van der Waals surface area (Å²) in [4.78, 5) is 11.7. The Hall–Kier alpha value is -1.02. The van der Waals surface area contributed by atoms with E-state index in [0.29, 0.717) is 12.3 Å². The zero-order chi connectivity index (χ0) is 11.5. The van der Waals surface area contributed by atoms with Gasteiger partial charge in [-0.3, -0.25) is 4.79 Å². The number of anilines is 1. The van der Waals surface area contributed by atoms with Gasteiger partial charge in [-0.05, 0) is 37.3 Å². The predicted molar refractivity (Wildman–Crippen MR) is 66.7 cm³/mol. The topological polar surface area (TPSA) is 29.1 Å². The van der Waals surface area contributed by atoms with E-state index < -0.39 is 0 Å². The van der Waals surface area contributed by atoms with Crippen LogP contribution in [0.25, 0.3) is 0 Å². The lowest BCUT2D eigenvalue weighted by molar-refractivity contribution is -0.116. The highest BCUT2D eigenvalue weighted by atomic mass is 35.5. The zero-order valence-electron chi connectivity index (χ0n) is 9.37. The molecule has 0 spiro atoms. The first-order valence-electron chi connectivity index (χ1n) is 5.69. The second-order valence-corrected chi connectivity index (χ2v) is 5.05. The van der Waals surface area contributed by atoms with Crippen molar-refractivity contribution in [3.63, 3.8) is 0 Å². The van der Waals surface area contributed by atoms with E-state index in [1.165, 1.54) is 12.8 Å². The molecule has 1 N–H and O–H groups in total. The highest BCUT2D eigenvalue weighted by molar-refractivity contribution is 6.21. The van der Waals surface area contributed by atoms with Gasteiger partial charge in [-0.1, -0.05) is 18.2 Å². The number of para-hydroxylation sites is 1. The molecule has 1 aromatic carbocycles. The van der Waals surface area contributed by atoms with Gasteiger partial charge in [0.25, 0.3) is 0 Å². The summed E-state index contributed by atoms with van der Waals surface area (Å²) in [7, 11) is 0. The third-order valence-electron chi connectivity index (χ3n) is 2.83. The van der Waals surface area contributed by atoms with Gasteiger partial charge in [0.15, 0.2) is 0 Å². The van der Waals surface area contributed by atoms with Crippen LogP contribution in [0.4, 0.5) is 5.69 Å². The average Bonchev–Trinajstić information content (AvgIpc) is 3.02. The van der Waals surface area contributed by atoms with E-state index in [0.717, 1.165) is 11.3 Å². The maximum atomic E-state index is 11.7. The van der Waals surface area contributed by atoms with Crippen molar-refractivity contribution in [1.82, 2.24) is 0 Å². The van der Waals surface area contributed by atoms with Gasteiger partial charge in [-0.25, -0.2) is 0 Å². The minimum absolute atomic E-state index is 0.0857. The molecule has 16 heavy (non-hydrogen) atoms. The molecule has 2 rings (SSSR count). The minimum atomic E-state index is -0.0857. The summed E-state index contributed by atoms with van der Waals surface area (Å²) in [6, 6.07) is 7.70. The summed E-state index contributed by atoms with van der Waals surface area (Å²) >= 11 is 6.06. The van der Waals surface area contributed by atoms with Crippen molar-refractivity contribution in [2.45, 2.75) is 31.6 Å². The third-order valence-corrected chi connectivity index (χ3v) is 3.07. The lowest BCUT2D eigenvalue weighted by Crippen LogP contribution is -2.13. The number of rotatable bonds is 4. The average molecular weight is 238 g/mol. The normalized spacial score (nSPS) is 16.9. The van der Waals surface area contributed by atoms with E-state index in [1.807, 2.05) is 31.2 Å². The molecule has 0 heterocycles. The molecular formula is C13H16ClNO. The van der Waals surface area contributed by atoms with Crippen LogP contribution in [0.2, 0.25) is 0 Å². The largest absolute Gasteiger partial charge is 0.326 e. The molecule has 1 aromatic rings. The van der Waals surface area contributed by atoms with Crippen LogP contribution in [0.1, 0.15) is 37.1 Å². The Morgan fingerprint density at radius 1 is 1.50 bits per heavy atom. The van der Waals surface area contributed by atoms with Crippen LogP contribution in [-0.4, -0.2) is 5.91 Å². The Kier molecular flexibility index (Phi) is 3.49. The molecule has 1 unspecified atom stereocenters. The summed E-state index contributed by atoms with van der Waals surface area (Å²) in [5, 5.41) is 2.85. The van der Waals surface area contributed by atoms with Crippen molar-refractivity contribution in [2.24, 2.45) is 5.92 Å². The fourth-order valence-corrected chi connectivity index (χ4v) is 1.93. The molecular weight excluding hydrogens is 222 g/mol. The highest BCUT2D eigenvalue weighted by Crippen LogP contribution is 2.33. The SMILES string of the molecule is CC(Cl)c1ccccc1NC(=O)CC1CC1. The van der Waals surface area contributed by atoms with Crippen molar-refractivity contribution >= 4 is 23.2 Å². The van der Waals surface area contributed by atoms with Crippen LogP contribution in [0.15, 0.2) is 24.3 Å². The first-order valence-corrected chi connectivity index (χ1v) is 6.13. The molecule has 1 fully saturated rings. The predicted octanol–water partition coefficient (Wildman–Crippen LogP) is 3.73. The van der Waals surface area contributed by atoms with Gasteiger partial charge in [-0.2, -0.15) is 0 Å². The van der Waals surface area contributed by atoms with E-state index in [-0.39, 0.29) is 11.3 Å². The number of nitrogens with one attached hydrogen (secondary N) is 1. The Labute approximate surface area is 101 Å². The second kappa shape index (κ2) is 4.88. The Balaban J connectivity index is 2.04. The molecule has 0 radical (unpaired) electrons. The Bertz CT molecular complexity index is 385. The quantitative estimate of drug-likeness (QED) is 0.795. The molecule has 1 atom stereocenters. The molecule has 86 valence electrons. The van der Waals surface area contributed by atoms with E-state index in [4.69, 9.17) is 11.6 Å². The van der Waals surface area contributed by atoms with Crippen molar-refractivity contribution in [3.05, 3.63) is 29.8 Å². The summed E-state index contributed by atoms with van der Waals surface area (Å²) in [5.74, 6) is 0.716. The first-order chi connectivity index (χ1) is 7.66. The summed E-state index contributed by atoms with van der Waals surface area (Å²) in [6.45, 7) is 1.91. The first kappa shape index (κ1) is 11.5. The number of halogens is 1. The van der Waals surface area contributed by atoms with Gasteiger partial charge in [0.05, 0.1) is 5.38 Å². The van der Waals surface area contributed by atoms with E-state index >= 15 is 0 Å². The van der Waals surface area contributed by atoms with E-state index in [9.17, 15) is 4.79 Å². The summed E-state index contributed by atoms with van der Waals surface area (Å²) in [6.07, 6.45) is 3.03. The van der Waals surface area contributed by atoms with Crippen LogP contribution in [-0.2, 0) is 4.79 Å². The van der Waals surface area contributed by atoms with Gasteiger partial charge in [0.2, 0.25) is 5.91 Å². The van der Waals surface area contributed by atoms with E-state index in [1.54, 1.807) is 0 Å². The fraction of sp³-hybridized carbons (Fsp3) is 0.462. The van der Waals surface area contributed by atoms with Crippen LogP contribution in [0.3, 0.4) is 0 Å². The number of hydrogen-bond donors (Lipinski definition) is 1. The molecule has 3 heteroatoms. The maximum absolute atomic E-state index is 11.7. The number of benzene rings is 1. The second-order valence-electron chi connectivity index (χ2n) is 4.40. The van der Waals surface area contributed by atoms with Crippen LogP contribution >= 0.6 is 11.6 Å². The molecule has 0 aliphatic heterocycles. The van der Waals surface area contributed by atoms with Gasteiger partial charge in [-0.15, -0.1) is 11.6 Å². The van der Waals surface area contributed by atoms with Gasteiger partial charge in [0, 0.05) is 12.1 Å². The maximum Gasteiger partial charge on any atom is 0.224 e. The number of hydrogen-bond acceptors (Lipinski definition) is 1. The van der Waals surface area contributed by atoms with Gasteiger partial charge < -0.3 is 5.32 Å². The smallest absolute Gasteiger partial charge is 0.224 e. The standard InChI is InChI=1S/C13H16ClNO/c1-9(14)11-4-2-3-5-12(11)15-13(16)8-10-6-7-10/h2-5,9-10H,6-8H2,1H3,(H,15,16). The van der Waals surface area contributed by atoms with Gasteiger partial charge >= 0.3 is 0 Å². The molecule has 1 saturated carbocycles. The van der Waals surface area contributed by atoms with E-state index in [2.05, 4.69) is 5.32 Å². The monoisotopic (exact) mass is 237 g/mol. The molecule has 0 saturated heterocycles. The van der Waals surface area contributed by atoms with Crippen molar-refractivity contribution in [1.29, 1.82) is 0 Å². The minimum Gasteiger partial charge on any atom is -0.326 e. The molecule has 0 bridgehead atoms. The Morgan fingerprint density at radius 2 is 2.19 bits per heavy atom. The summed E-state index contributed by atoms with van der Waals surface area (Å²) in [5.41, 5.74) is 1.82. The van der Waals surface area contributed by atoms with Crippen molar-refractivity contribution in [3.8, 4) is 0 Å². The van der Waals surface area contributed by atoms with Gasteiger partial charge in [0.1, 0.15) is 0 Å². The number of carbonyl (C=O) groups excluding carboxylic acids is 1. The third kappa shape index (κ3) is 2.99.